The quantitative estimate of drug-likeness (QED) is 0.461. The van der Waals surface area contributed by atoms with Crippen LogP contribution in [0.3, 0.4) is 0 Å². The lowest BCUT2D eigenvalue weighted by Gasteiger charge is -2.25. The molecule has 3 N–H and O–H groups in total. The van der Waals surface area contributed by atoms with Gasteiger partial charge in [-0.2, -0.15) is 11.8 Å². The zero-order valence-electron chi connectivity index (χ0n) is 11.4. The first-order valence-corrected chi connectivity index (χ1v) is 8.97. The van der Waals surface area contributed by atoms with Crippen LogP contribution in [0.2, 0.25) is 0 Å². The van der Waals surface area contributed by atoms with E-state index >= 15 is 0 Å². The van der Waals surface area contributed by atoms with E-state index in [9.17, 15) is 0 Å². The maximum Gasteiger partial charge on any atom is 0.0913 e. The third kappa shape index (κ3) is 5.55. The SMILES string of the molecule is N=C(N)CCSCc1csc(CN2CCCCC2)c1. The number of nitrogens with one attached hydrogen (secondary N) is 1. The summed E-state index contributed by atoms with van der Waals surface area (Å²) in [5.74, 6) is 2.29. The number of amidine groups is 1. The lowest BCUT2D eigenvalue weighted by Crippen LogP contribution is -2.28. The summed E-state index contributed by atoms with van der Waals surface area (Å²) < 4.78 is 0. The fraction of sp³-hybridized carbons (Fsp3) is 0.643. The molecule has 0 saturated carbocycles. The van der Waals surface area contributed by atoms with Crippen LogP contribution in [0.15, 0.2) is 11.4 Å². The van der Waals surface area contributed by atoms with Crippen LogP contribution in [-0.2, 0) is 12.3 Å². The highest BCUT2D eigenvalue weighted by molar-refractivity contribution is 7.98. The van der Waals surface area contributed by atoms with Gasteiger partial charge >= 0.3 is 0 Å². The molecule has 1 aliphatic heterocycles. The Morgan fingerprint density at radius 2 is 2.16 bits per heavy atom. The molecule has 0 bridgehead atoms. The van der Waals surface area contributed by atoms with Gasteiger partial charge in [0.2, 0.25) is 0 Å². The van der Waals surface area contributed by atoms with Gasteiger partial charge in [-0.05, 0) is 42.9 Å². The Morgan fingerprint density at radius 3 is 2.89 bits per heavy atom. The number of hydrogen-bond donors (Lipinski definition) is 2. The van der Waals surface area contributed by atoms with Crippen molar-refractivity contribution >= 4 is 28.9 Å². The van der Waals surface area contributed by atoms with E-state index in [0.29, 0.717) is 12.3 Å². The number of piperidine rings is 1. The second-order valence-electron chi connectivity index (χ2n) is 5.09. The molecule has 0 aromatic carbocycles. The van der Waals surface area contributed by atoms with Gasteiger partial charge in [0.25, 0.3) is 0 Å². The van der Waals surface area contributed by atoms with E-state index in [1.165, 1.54) is 42.8 Å². The van der Waals surface area contributed by atoms with Gasteiger partial charge in [0, 0.05) is 29.3 Å². The van der Waals surface area contributed by atoms with E-state index in [1.54, 1.807) is 0 Å². The average molecular weight is 297 g/mol. The van der Waals surface area contributed by atoms with Crippen molar-refractivity contribution in [3.8, 4) is 0 Å². The molecule has 3 nitrogen and oxygen atoms in total. The summed E-state index contributed by atoms with van der Waals surface area (Å²) in [6, 6.07) is 2.35. The standard InChI is InChI=1S/C14H23N3S2/c15-14(16)4-7-18-10-12-8-13(19-11-12)9-17-5-2-1-3-6-17/h8,11H,1-7,9-10H2,(H3,15,16). The van der Waals surface area contributed by atoms with Crippen LogP contribution >= 0.6 is 23.1 Å². The third-order valence-electron chi connectivity index (χ3n) is 3.32. The topological polar surface area (TPSA) is 53.1 Å². The lowest BCUT2D eigenvalue weighted by molar-refractivity contribution is 0.222. The predicted molar refractivity (Wildman–Crippen MR) is 86.1 cm³/mol. The van der Waals surface area contributed by atoms with Gasteiger partial charge in [0.05, 0.1) is 5.84 Å². The maximum absolute atomic E-state index is 7.19. The van der Waals surface area contributed by atoms with Crippen molar-refractivity contribution in [3.05, 3.63) is 21.9 Å². The molecule has 1 aromatic heterocycles. The molecule has 0 spiro atoms. The largest absolute Gasteiger partial charge is 0.388 e. The third-order valence-corrected chi connectivity index (χ3v) is 5.32. The van der Waals surface area contributed by atoms with Crippen molar-refractivity contribution in [1.29, 1.82) is 5.41 Å². The molecule has 2 heterocycles. The number of hydrogen-bond acceptors (Lipinski definition) is 4. The van der Waals surface area contributed by atoms with Gasteiger partial charge in [-0.1, -0.05) is 6.42 Å². The van der Waals surface area contributed by atoms with Gasteiger partial charge in [0.15, 0.2) is 0 Å². The second-order valence-corrected chi connectivity index (χ2v) is 7.19. The van der Waals surface area contributed by atoms with Crippen molar-refractivity contribution < 1.29 is 0 Å². The Labute approximate surface area is 124 Å². The molecule has 5 heteroatoms. The van der Waals surface area contributed by atoms with Crippen molar-refractivity contribution in [2.24, 2.45) is 5.73 Å². The zero-order valence-corrected chi connectivity index (χ0v) is 13.0. The van der Waals surface area contributed by atoms with E-state index in [-0.39, 0.29) is 0 Å². The fourth-order valence-electron chi connectivity index (χ4n) is 2.29. The number of nitrogens with zero attached hydrogens (tertiary/aromatic N) is 1. The summed E-state index contributed by atoms with van der Waals surface area (Å²) in [6.45, 7) is 3.66. The Balaban J connectivity index is 1.70. The number of thiophene rings is 1. The molecule has 1 aliphatic rings. The smallest absolute Gasteiger partial charge is 0.0913 e. The summed E-state index contributed by atoms with van der Waals surface area (Å²) in [5, 5.41) is 9.46. The summed E-state index contributed by atoms with van der Waals surface area (Å²) in [7, 11) is 0. The van der Waals surface area contributed by atoms with Gasteiger partial charge in [-0.15, -0.1) is 11.3 Å². The minimum Gasteiger partial charge on any atom is -0.388 e. The Bertz CT molecular complexity index is 397. The molecular formula is C14H23N3S2. The van der Waals surface area contributed by atoms with Crippen LogP contribution in [0.4, 0.5) is 0 Å². The Morgan fingerprint density at radius 1 is 1.37 bits per heavy atom. The van der Waals surface area contributed by atoms with Crippen LogP contribution < -0.4 is 5.73 Å². The molecular weight excluding hydrogens is 274 g/mol. The van der Waals surface area contributed by atoms with E-state index < -0.39 is 0 Å². The van der Waals surface area contributed by atoms with E-state index in [4.69, 9.17) is 11.1 Å². The summed E-state index contributed by atoms with van der Waals surface area (Å²) >= 11 is 3.75. The molecule has 0 aliphatic carbocycles. The monoisotopic (exact) mass is 297 g/mol. The summed E-state index contributed by atoms with van der Waals surface area (Å²) in [5.41, 5.74) is 6.77. The van der Waals surface area contributed by atoms with E-state index in [0.717, 1.165) is 18.1 Å². The minimum atomic E-state index is 0.295. The van der Waals surface area contributed by atoms with Crippen molar-refractivity contribution in [3.63, 3.8) is 0 Å². The van der Waals surface area contributed by atoms with Gasteiger partial charge < -0.3 is 5.73 Å². The normalized spacial score (nSPS) is 16.6. The molecule has 1 fully saturated rings. The molecule has 0 radical (unpaired) electrons. The highest BCUT2D eigenvalue weighted by Crippen LogP contribution is 2.22. The Hall–Kier alpha value is -0.520. The van der Waals surface area contributed by atoms with Crippen LogP contribution in [0, 0.1) is 5.41 Å². The summed E-state index contributed by atoms with van der Waals surface area (Å²) in [6.07, 6.45) is 4.83. The summed E-state index contributed by atoms with van der Waals surface area (Å²) in [4.78, 5) is 4.06. The van der Waals surface area contributed by atoms with Crippen molar-refractivity contribution in [1.82, 2.24) is 4.90 Å². The first kappa shape index (κ1) is 14.9. The van der Waals surface area contributed by atoms with Crippen molar-refractivity contribution in [2.45, 2.75) is 38.0 Å². The molecule has 0 amide bonds. The predicted octanol–water partition coefficient (Wildman–Crippen LogP) is 3.29. The zero-order chi connectivity index (χ0) is 13.5. The number of rotatable bonds is 7. The van der Waals surface area contributed by atoms with Gasteiger partial charge in [-0.25, -0.2) is 0 Å². The van der Waals surface area contributed by atoms with Gasteiger partial charge in [-0.3, -0.25) is 10.3 Å². The lowest BCUT2D eigenvalue weighted by atomic mass is 10.1. The number of likely N-dealkylation sites (tertiary alicyclic amines) is 1. The molecule has 0 atom stereocenters. The second kappa shape index (κ2) is 7.92. The van der Waals surface area contributed by atoms with E-state index in [2.05, 4.69) is 16.3 Å². The maximum atomic E-state index is 7.19. The van der Waals surface area contributed by atoms with Crippen LogP contribution in [0.5, 0.6) is 0 Å². The molecule has 2 rings (SSSR count). The van der Waals surface area contributed by atoms with Crippen LogP contribution in [-0.4, -0.2) is 29.6 Å². The highest BCUT2D eigenvalue weighted by Gasteiger charge is 2.11. The molecule has 0 unspecified atom stereocenters. The molecule has 19 heavy (non-hydrogen) atoms. The minimum absolute atomic E-state index is 0.295. The first-order valence-electron chi connectivity index (χ1n) is 6.93. The van der Waals surface area contributed by atoms with Crippen LogP contribution in [0.1, 0.15) is 36.1 Å². The number of thioether (sulfide) groups is 1. The molecule has 1 aromatic rings. The van der Waals surface area contributed by atoms with E-state index in [1.807, 2.05) is 23.1 Å². The highest BCUT2D eigenvalue weighted by atomic mass is 32.2. The first-order chi connectivity index (χ1) is 9.24. The fourth-order valence-corrected chi connectivity index (χ4v) is 4.24. The molecule has 106 valence electrons. The average Bonchev–Trinajstić information content (AvgIpc) is 2.83. The van der Waals surface area contributed by atoms with Crippen molar-refractivity contribution in [2.75, 3.05) is 18.8 Å². The van der Waals surface area contributed by atoms with Crippen LogP contribution in [0.25, 0.3) is 0 Å². The Kier molecular flexibility index (Phi) is 6.20. The van der Waals surface area contributed by atoms with Gasteiger partial charge in [0.1, 0.15) is 0 Å². The molecule has 1 saturated heterocycles. The number of nitrogens with two attached hydrogens (primary N) is 1.